The Morgan fingerprint density at radius 3 is 2.67 bits per heavy atom. The molecule has 2 heterocycles. The van der Waals surface area contributed by atoms with E-state index in [0.717, 1.165) is 15.3 Å². The number of nitrogens with one attached hydrogen (secondary N) is 1. The molecular formula is C17H23N3O2S2. The van der Waals surface area contributed by atoms with Gasteiger partial charge in [-0.2, -0.15) is 0 Å². The zero-order valence-electron chi connectivity index (χ0n) is 14.7. The number of nitrogens with zero attached hydrogens (tertiary/aromatic N) is 2. The highest BCUT2D eigenvalue weighted by Gasteiger charge is 2.18. The molecule has 0 atom stereocenters. The molecule has 7 heteroatoms. The summed E-state index contributed by atoms with van der Waals surface area (Å²) in [6.45, 7) is 13.8. The minimum atomic E-state index is -0.280. The topological polar surface area (TPSA) is 64.0 Å². The zero-order chi connectivity index (χ0) is 18.1. The molecule has 0 aromatic carbocycles. The molecule has 0 fully saturated rings. The Kier molecular flexibility index (Phi) is 5.55. The third-order valence-corrected chi connectivity index (χ3v) is 5.49. The number of carbonyl (C=O) groups is 1. The molecule has 0 aliphatic carbocycles. The number of thiophene rings is 1. The van der Waals surface area contributed by atoms with Gasteiger partial charge >= 0.3 is 0 Å². The Labute approximate surface area is 150 Å². The molecule has 0 unspecified atom stereocenters. The molecular weight excluding hydrogens is 342 g/mol. The highest BCUT2D eigenvalue weighted by Crippen LogP contribution is 2.28. The van der Waals surface area contributed by atoms with Crippen LogP contribution in [-0.4, -0.2) is 26.8 Å². The van der Waals surface area contributed by atoms with Crippen molar-refractivity contribution in [2.75, 3.05) is 5.75 Å². The van der Waals surface area contributed by atoms with Crippen LogP contribution in [0, 0.1) is 13.8 Å². The highest BCUT2D eigenvalue weighted by molar-refractivity contribution is 7.99. The van der Waals surface area contributed by atoms with Crippen LogP contribution >= 0.6 is 23.1 Å². The predicted octanol–water partition coefficient (Wildman–Crippen LogP) is 3.27. The van der Waals surface area contributed by atoms with Crippen LogP contribution in [0.2, 0.25) is 0 Å². The molecule has 0 saturated carbocycles. The number of hydrogen-bond donors (Lipinski definition) is 1. The van der Waals surface area contributed by atoms with E-state index in [9.17, 15) is 9.59 Å². The maximum absolute atomic E-state index is 12.8. The number of rotatable bonds is 5. The van der Waals surface area contributed by atoms with Crippen molar-refractivity contribution in [3.05, 3.63) is 33.4 Å². The van der Waals surface area contributed by atoms with E-state index in [1.165, 1.54) is 23.1 Å². The summed E-state index contributed by atoms with van der Waals surface area (Å²) in [5, 5.41) is 4.14. The van der Waals surface area contributed by atoms with Crippen molar-refractivity contribution in [3.63, 3.8) is 0 Å². The average Bonchev–Trinajstić information content (AvgIpc) is 2.73. The first kappa shape index (κ1) is 18.7. The molecule has 1 amide bonds. The molecule has 2 aromatic rings. The van der Waals surface area contributed by atoms with Crippen LogP contribution in [0.4, 0.5) is 0 Å². The Balaban J connectivity index is 2.38. The summed E-state index contributed by atoms with van der Waals surface area (Å²) < 4.78 is 1.59. The van der Waals surface area contributed by atoms with Crippen LogP contribution in [-0.2, 0) is 11.3 Å². The van der Waals surface area contributed by atoms with Gasteiger partial charge in [-0.1, -0.05) is 17.8 Å². The summed E-state index contributed by atoms with van der Waals surface area (Å²) >= 11 is 2.79. The van der Waals surface area contributed by atoms with Gasteiger partial charge in [-0.25, -0.2) is 4.98 Å². The third kappa shape index (κ3) is 4.08. The molecule has 0 bridgehead atoms. The van der Waals surface area contributed by atoms with E-state index in [-0.39, 0.29) is 22.8 Å². The van der Waals surface area contributed by atoms with Gasteiger partial charge in [0.25, 0.3) is 5.56 Å². The molecule has 0 aliphatic rings. The monoisotopic (exact) mass is 365 g/mol. The number of thioether (sulfide) groups is 1. The molecule has 130 valence electrons. The van der Waals surface area contributed by atoms with Crippen molar-refractivity contribution < 1.29 is 4.79 Å². The second kappa shape index (κ2) is 7.11. The van der Waals surface area contributed by atoms with Gasteiger partial charge in [0.05, 0.1) is 11.1 Å². The maximum Gasteiger partial charge on any atom is 0.263 e. The number of fused-ring (bicyclic) bond motifs is 1. The summed E-state index contributed by atoms with van der Waals surface area (Å²) in [4.78, 5) is 31.3. The fourth-order valence-electron chi connectivity index (χ4n) is 2.29. The largest absolute Gasteiger partial charge is 0.351 e. The normalized spacial score (nSPS) is 11.7. The van der Waals surface area contributed by atoms with Gasteiger partial charge in [0.1, 0.15) is 4.83 Å². The second-order valence-electron chi connectivity index (χ2n) is 6.65. The number of allylic oxidation sites excluding steroid dienone is 1. The Morgan fingerprint density at radius 2 is 2.08 bits per heavy atom. The molecule has 0 radical (unpaired) electrons. The van der Waals surface area contributed by atoms with Crippen molar-refractivity contribution in [1.29, 1.82) is 0 Å². The first-order valence-corrected chi connectivity index (χ1v) is 9.49. The van der Waals surface area contributed by atoms with Gasteiger partial charge in [0.2, 0.25) is 5.91 Å². The fourth-order valence-corrected chi connectivity index (χ4v) is 4.17. The van der Waals surface area contributed by atoms with Crippen molar-refractivity contribution in [2.24, 2.45) is 0 Å². The van der Waals surface area contributed by atoms with Crippen LogP contribution in [0.5, 0.6) is 0 Å². The van der Waals surface area contributed by atoms with Gasteiger partial charge < -0.3 is 5.32 Å². The van der Waals surface area contributed by atoms with Gasteiger partial charge in [0, 0.05) is 17.0 Å². The van der Waals surface area contributed by atoms with E-state index < -0.39 is 0 Å². The molecule has 0 aliphatic heterocycles. The standard InChI is InChI=1S/C17H23N3O2S2/c1-7-8-20-15(22)13-10(2)11(3)24-14(13)18-16(20)23-9-12(21)19-17(4,5)6/h7H,1,8-9H2,2-6H3,(H,19,21). The van der Waals surface area contributed by atoms with Crippen LogP contribution in [0.3, 0.4) is 0 Å². The number of carbonyl (C=O) groups excluding carboxylic acids is 1. The Morgan fingerprint density at radius 1 is 1.42 bits per heavy atom. The lowest BCUT2D eigenvalue weighted by molar-refractivity contribution is -0.119. The lowest BCUT2D eigenvalue weighted by Gasteiger charge is -2.20. The van der Waals surface area contributed by atoms with Gasteiger partial charge in [0.15, 0.2) is 5.16 Å². The van der Waals surface area contributed by atoms with E-state index >= 15 is 0 Å². The van der Waals surface area contributed by atoms with Crippen LogP contribution in [0.25, 0.3) is 10.2 Å². The minimum Gasteiger partial charge on any atom is -0.351 e. The first-order valence-electron chi connectivity index (χ1n) is 7.69. The van der Waals surface area contributed by atoms with E-state index in [1.807, 2.05) is 34.6 Å². The molecule has 2 aromatic heterocycles. The quantitative estimate of drug-likeness (QED) is 0.502. The SMILES string of the molecule is C=CCn1c(SCC(=O)NC(C)(C)C)nc2sc(C)c(C)c2c1=O. The van der Waals surface area contributed by atoms with E-state index in [4.69, 9.17) is 0 Å². The smallest absolute Gasteiger partial charge is 0.263 e. The lowest BCUT2D eigenvalue weighted by Crippen LogP contribution is -2.41. The first-order chi connectivity index (χ1) is 11.1. The van der Waals surface area contributed by atoms with Crippen molar-refractivity contribution in [1.82, 2.24) is 14.9 Å². The number of aryl methyl sites for hydroxylation is 2. The molecule has 2 rings (SSSR count). The summed E-state index contributed by atoms with van der Waals surface area (Å²) in [5.74, 6) is 0.140. The Bertz CT molecular complexity index is 844. The average molecular weight is 366 g/mol. The molecule has 1 N–H and O–H groups in total. The third-order valence-electron chi connectivity index (χ3n) is 3.41. The summed E-state index contributed by atoms with van der Waals surface area (Å²) in [6.07, 6.45) is 1.67. The molecule has 0 saturated heterocycles. The van der Waals surface area contributed by atoms with Crippen LogP contribution in [0.15, 0.2) is 22.6 Å². The van der Waals surface area contributed by atoms with E-state index in [0.29, 0.717) is 17.1 Å². The highest BCUT2D eigenvalue weighted by atomic mass is 32.2. The summed E-state index contributed by atoms with van der Waals surface area (Å²) in [7, 11) is 0. The minimum absolute atomic E-state index is 0.0690. The van der Waals surface area contributed by atoms with Gasteiger partial charge in [-0.15, -0.1) is 17.9 Å². The Hall–Kier alpha value is -1.60. The summed E-state index contributed by atoms with van der Waals surface area (Å²) in [5.41, 5.74) is 0.630. The number of amides is 1. The van der Waals surface area contributed by atoms with Crippen LogP contribution < -0.4 is 10.9 Å². The van der Waals surface area contributed by atoms with E-state index in [2.05, 4.69) is 16.9 Å². The lowest BCUT2D eigenvalue weighted by atomic mass is 10.1. The number of aromatic nitrogens is 2. The van der Waals surface area contributed by atoms with Gasteiger partial charge in [-0.3, -0.25) is 14.2 Å². The van der Waals surface area contributed by atoms with Crippen LogP contribution in [0.1, 0.15) is 31.2 Å². The number of hydrogen-bond acceptors (Lipinski definition) is 5. The molecule has 24 heavy (non-hydrogen) atoms. The zero-order valence-corrected chi connectivity index (χ0v) is 16.4. The van der Waals surface area contributed by atoms with E-state index in [1.54, 1.807) is 10.6 Å². The van der Waals surface area contributed by atoms with Crippen molar-refractivity contribution in [2.45, 2.75) is 51.9 Å². The molecule has 5 nitrogen and oxygen atoms in total. The summed E-state index contributed by atoms with van der Waals surface area (Å²) in [6, 6.07) is 0. The van der Waals surface area contributed by atoms with Crippen molar-refractivity contribution in [3.8, 4) is 0 Å². The predicted molar refractivity (Wildman–Crippen MR) is 102 cm³/mol. The fraction of sp³-hybridized carbons (Fsp3) is 0.471. The maximum atomic E-state index is 12.8. The molecule has 0 spiro atoms. The van der Waals surface area contributed by atoms with Crippen molar-refractivity contribution >= 4 is 39.2 Å². The second-order valence-corrected chi connectivity index (χ2v) is 8.79. The van der Waals surface area contributed by atoms with Gasteiger partial charge in [-0.05, 0) is 40.2 Å².